The lowest BCUT2D eigenvalue weighted by Gasteiger charge is -2.21. The van der Waals surface area contributed by atoms with E-state index in [1.54, 1.807) is 6.07 Å². The van der Waals surface area contributed by atoms with Crippen molar-refractivity contribution in [3.63, 3.8) is 0 Å². The number of hydrogen-bond acceptors (Lipinski definition) is 2. The summed E-state index contributed by atoms with van der Waals surface area (Å²) in [5.41, 5.74) is 0.925. The molecule has 0 amide bonds. The Morgan fingerprint density at radius 1 is 1.28 bits per heavy atom. The maximum atomic E-state index is 12.8. The van der Waals surface area contributed by atoms with Gasteiger partial charge in [0.2, 0.25) is 0 Å². The molecule has 0 aliphatic heterocycles. The van der Waals surface area contributed by atoms with Crippen LogP contribution >= 0.6 is 0 Å². The summed E-state index contributed by atoms with van der Waals surface area (Å²) in [6.45, 7) is 4.45. The van der Waals surface area contributed by atoms with Gasteiger partial charge in [-0.2, -0.15) is 0 Å². The van der Waals surface area contributed by atoms with Crippen molar-refractivity contribution in [2.24, 2.45) is 5.92 Å². The second-order valence-corrected chi connectivity index (χ2v) is 5.60. The average molecular weight is 250 g/mol. The Morgan fingerprint density at radius 3 is 2.83 bits per heavy atom. The third-order valence-corrected chi connectivity index (χ3v) is 3.94. The summed E-state index contributed by atoms with van der Waals surface area (Å²) in [5.74, 6) is 0.588. The Bertz CT molecular complexity index is 363. The zero-order chi connectivity index (χ0) is 13.0. The highest BCUT2D eigenvalue weighted by atomic mass is 19.1. The summed E-state index contributed by atoms with van der Waals surface area (Å²) in [5, 5.41) is 3.63. The van der Waals surface area contributed by atoms with Crippen molar-refractivity contribution < 1.29 is 4.39 Å². The Balaban J connectivity index is 1.90. The van der Waals surface area contributed by atoms with E-state index in [4.69, 9.17) is 0 Å². The molecule has 3 unspecified atom stereocenters. The van der Waals surface area contributed by atoms with Gasteiger partial charge < -0.3 is 5.32 Å². The van der Waals surface area contributed by atoms with Gasteiger partial charge in [-0.3, -0.25) is 4.98 Å². The van der Waals surface area contributed by atoms with E-state index in [9.17, 15) is 4.39 Å². The van der Waals surface area contributed by atoms with E-state index >= 15 is 0 Å². The summed E-state index contributed by atoms with van der Waals surface area (Å²) in [6.07, 6.45) is 7.75. The molecule has 1 aromatic heterocycles. The molecule has 3 atom stereocenters. The number of halogens is 1. The van der Waals surface area contributed by atoms with E-state index in [0.29, 0.717) is 6.04 Å². The molecule has 0 saturated heterocycles. The van der Waals surface area contributed by atoms with Crippen molar-refractivity contribution in [3.8, 4) is 0 Å². The van der Waals surface area contributed by atoms with E-state index in [1.165, 1.54) is 44.4 Å². The zero-order valence-corrected chi connectivity index (χ0v) is 11.3. The molecule has 0 aromatic carbocycles. The lowest BCUT2D eigenvalue weighted by atomic mass is 10.0. The van der Waals surface area contributed by atoms with E-state index in [2.05, 4.69) is 24.1 Å². The quantitative estimate of drug-likeness (QED) is 0.824. The van der Waals surface area contributed by atoms with Crippen LogP contribution in [0.5, 0.6) is 0 Å². The Labute approximate surface area is 109 Å². The maximum Gasteiger partial charge on any atom is 0.141 e. The van der Waals surface area contributed by atoms with Crippen molar-refractivity contribution in [1.29, 1.82) is 0 Å². The molecule has 1 heterocycles. The first-order valence-electron chi connectivity index (χ1n) is 7.02. The fraction of sp³-hybridized carbons (Fsp3) is 0.667. The summed E-state index contributed by atoms with van der Waals surface area (Å²) in [6, 6.07) is 4.03. The number of pyridine rings is 1. The number of aromatic nitrogens is 1. The van der Waals surface area contributed by atoms with E-state index < -0.39 is 0 Å². The summed E-state index contributed by atoms with van der Waals surface area (Å²) in [7, 11) is 0. The van der Waals surface area contributed by atoms with Crippen LogP contribution in [-0.4, -0.2) is 11.0 Å². The van der Waals surface area contributed by atoms with Crippen LogP contribution < -0.4 is 5.32 Å². The third-order valence-electron chi connectivity index (χ3n) is 3.94. The molecule has 1 fully saturated rings. The van der Waals surface area contributed by atoms with Crippen LogP contribution in [0.15, 0.2) is 18.3 Å². The summed E-state index contributed by atoms with van der Waals surface area (Å²) in [4.78, 5) is 4.14. The maximum absolute atomic E-state index is 12.8. The van der Waals surface area contributed by atoms with Crippen LogP contribution in [-0.2, 0) is 0 Å². The number of nitrogens with one attached hydrogen (secondary N) is 1. The highest BCUT2D eigenvalue weighted by Crippen LogP contribution is 2.24. The van der Waals surface area contributed by atoms with Gasteiger partial charge in [0.15, 0.2) is 0 Å². The molecule has 2 rings (SSSR count). The predicted octanol–water partition coefficient (Wildman–Crippen LogP) is 3.84. The van der Waals surface area contributed by atoms with Crippen molar-refractivity contribution in [3.05, 3.63) is 29.8 Å². The van der Waals surface area contributed by atoms with Crippen molar-refractivity contribution in [2.45, 2.75) is 58.0 Å². The van der Waals surface area contributed by atoms with Gasteiger partial charge in [0, 0.05) is 12.1 Å². The number of nitrogens with zero attached hydrogens (tertiary/aromatic N) is 1. The molecule has 1 N–H and O–H groups in total. The van der Waals surface area contributed by atoms with Crippen LogP contribution in [0, 0.1) is 11.7 Å². The first kappa shape index (κ1) is 13.5. The lowest BCUT2D eigenvalue weighted by molar-refractivity contribution is 0.403. The Morgan fingerprint density at radius 2 is 2.11 bits per heavy atom. The highest BCUT2D eigenvalue weighted by Gasteiger charge is 2.18. The molecule has 1 aliphatic rings. The minimum Gasteiger partial charge on any atom is -0.306 e. The molecule has 1 aromatic rings. The molecule has 1 saturated carbocycles. The average Bonchev–Trinajstić information content (AvgIpc) is 2.55. The monoisotopic (exact) mass is 250 g/mol. The highest BCUT2D eigenvalue weighted by molar-refractivity contribution is 5.09. The number of rotatable bonds is 3. The van der Waals surface area contributed by atoms with Crippen molar-refractivity contribution >= 4 is 0 Å². The molecule has 18 heavy (non-hydrogen) atoms. The van der Waals surface area contributed by atoms with Gasteiger partial charge in [-0.1, -0.05) is 19.8 Å². The topological polar surface area (TPSA) is 24.9 Å². The van der Waals surface area contributed by atoms with Crippen LogP contribution in [0.3, 0.4) is 0 Å². The third kappa shape index (κ3) is 3.77. The fourth-order valence-electron chi connectivity index (χ4n) is 2.74. The van der Waals surface area contributed by atoms with E-state index in [1.807, 2.05) is 0 Å². The predicted molar refractivity (Wildman–Crippen MR) is 71.8 cm³/mol. The molecule has 3 heteroatoms. The van der Waals surface area contributed by atoms with Crippen molar-refractivity contribution in [1.82, 2.24) is 10.3 Å². The van der Waals surface area contributed by atoms with Gasteiger partial charge in [0.25, 0.3) is 0 Å². The summed E-state index contributed by atoms with van der Waals surface area (Å²) < 4.78 is 12.8. The Kier molecular flexibility index (Phi) is 4.70. The molecule has 0 radical (unpaired) electrons. The first-order chi connectivity index (χ1) is 8.65. The second kappa shape index (κ2) is 6.28. The lowest BCUT2D eigenvalue weighted by Crippen LogP contribution is -2.31. The van der Waals surface area contributed by atoms with Crippen LogP contribution in [0.4, 0.5) is 4.39 Å². The molecule has 0 spiro atoms. The van der Waals surface area contributed by atoms with E-state index in [0.717, 1.165) is 11.6 Å². The zero-order valence-electron chi connectivity index (χ0n) is 11.3. The fourth-order valence-corrected chi connectivity index (χ4v) is 2.74. The van der Waals surface area contributed by atoms with Gasteiger partial charge in [0.1, 0.15) is 5.82 Å². The van der Waals surface area contributed by atoms with Crippen LogP contribution in [0.1, 0.15) is 57.7 Å². The van der Waals surface area contributed by atoms with Gasteiger partial charge in [-0.15, -0.1) is 0 Å². The molecular weight excluding hydrogens is 227 g/mol. The molecule has 0 bridgehead atoms. The van der Waals surface area contributed by atoms with Gasteiger partial charge >= 0.3 is 0 Å². The second-order valence-electron chi connectivity index (χ2n) is 5.60. The SMILES string of the molecule is CC1CCCC(NC(C)c2ccc(F)cn2)CC1. The molecule has 1 aliphatic carbocycles. The van der Waals surface area contributed by atoms with Crippen LogP contribution in [0.2, 0.25) is 0 Å². The summed E-state index contributed by atoms with van der Waals surface area (Å²) >= 11 is 0. The minimum atomic E-state index is -0.269. The normalized spacial score (nSPS) is 26.6. The van der Waals surface area contributed by atoms with Gasteiger partial charge in [-0.05, 0) is 44.2 Å². The van der Waals surface area contributed by atoms with E-state index in [-0.39, 0.29) is 11.9 Å². The number of hydrogen-bond donors (Lipinski definition) is 1. The largest absolute Gasteiger partial charge is 0.306 e. The van der Waals surface area contributed by atoms with Gasteiger partial charge in [-0.25, -0.2) is 4.39 Å². The smallest absolute Gasteiger partial charge is 0.141 e. The molecular formula is C15H23FN2. The van der Waals surface area contributed by atoms with Crippen molar-refractivity contribution in [2.75, 3.05) is 0 Å². The standard InChI is InChI=1S/C15H23FN2/c1-11-4-3-5-14(8-6-11)18-12(2)15-9-7-13(16)10-17-15/h7,9-12,14,18H,3-6,8H2,1-2H3. The van der Waals surface area contributed by atoms with Gasteiger partial charge in [0.05, 0.1) is 11.9 Å². The molecule has 2 nitrogen and oxygen atoms in total. The minimum absolute atomic E-state index is 0.198. The first-order valence-corrected chi connectivity index (χ1v) is 7.02. The molecule has 100 valence electrons. The Hall–Kier alpha value is -0.960. The van der Waals surface area contributed by atoms with Crippen LogP contribution in [0.25, 0.3) is 0 Å².